The van der Waals surface area contributed by atoms with Crippen molar-refractivity contribution in [1.29, 1.82) is 0 Å². The molecule has 5 aromatic rings. The standard InChI is InChI=1S/C31H27N3O2/c1-3-36-30-20-16-25(27-11-7-8-12-28(27)30)21-32-33-31(35)24-14-17-26(18-15-24)34-22(2)13-19-29(34)23-9-5-4-6-10-23/h4-21H,3H2,1-2H3,(H,33,35)/b32-21-. The molecule has 5 nitrogen and oxygen atoms in total. The first kappa shape index (κ1) is 23.1. The zero-order valence-electron chi connectivity index (χ0n) is 20.3. The first-order chi connectivity index (χ1) is 17.7. The molecule has 0 saturated heterocycles. The molecule has 4 aromatic carbocycles. The van der Waals surface area contributed by atoms with Crippen LogP contribution in [0.3, 0.4) is 0 Å². The monoisotopic (exact) mass is 473 g/mol. The van der Waals surface area contributed by atoms with Gasteiger partial charge in [0.2, 0.25) is 0 Å². The normalized spacial score (nSPS) is 11.2. The Balaban J connectivity index is 1.33. The number of benzene rings is 4. The van der Waals surface area contributed by atoms with E-state index in [0.717, 1.165) is 44.7 Å². The highest BCUT2D eigenvalue weighted by Crippen LogP contribution is 2.28. The molecule has 0 atom stereocenters. The number of hydrogen-bond donors (Lipinski definition) is 1. The van der Waals surface area contributed by atoms with Gasteiger partial charge in [0.05, 0.1) is 18.5 Å². The summed E-state index contributed by atoms with van der Waals surface area (Å²) in [5, 5.41) is 6.24. The van der Waals surface area contributed by atoms with E-state index in [9.17, 15) is 4.79 Å². The van der Waals surface area contributed by atoms with Crippen LogP contribution in [-0.2, 0) is 0 Å². The molecule has 1 heterocycles. The van der Waals surface area contributed by atoms with Crippen LogP contribution < -0.4 is 10.2 Å². The van der Waals surface area contributed by atoms with Crippen LogP contribution in [0.1, 0.15) is 28.5 Å². The number of hydrazone groups is 1. The summed E-state index contributed by atoms with van der Waals surface area (Å²) in [5.74, 6) is 0.572. The smallest absolute Gasteiger partial charge is 0.271 e. The van der Waals surface area contributed by atoms with Crippen LogP contribution in [0.5, 0.6) is 5.75 Å². The zero-order chi connectivity index (χ0) is 24.9. The summed E-state index contributed by atoms with van der Waals surface area (Å²) < 4.78 is 7.92. The zero-order valence-corrected chi connectivity index (χ0v) is 20.3. The highest BCUT2D eigenvalue weighted by atomic mass is 16.5. The minimum atomic E-state index is -0.263. The predicted molar refractivity (Wildman–Crippen MR) is 146 cm³/mol. The van der Waals surface area contributed by atoms with Crippen molar-refractivity contribution in [3.63, 3.8) is 0 Å². The minimum absolute atomic E-state index is 0.263. The maximum absolute atomic E-state index is 12.7. The molecule has 0 aliphatic heterocycles. The Morgan fingerprint density at radius 3 is 2.33 bits per heavy atom. The molecule has 0 radical (unpaired) electrons. The molecule has 36 heavy (non-hydrogen) atoms. The Labute approximate surface area is 210 Å². The number of nitrogens with zero attached hydrogens (tertiary/aromatic N) is 2. The van der Waals surface area contributed by atoms with Gasteiger partial charge in [0.1, 0.15) is 5.75 Å². The molecular formula is C31H27N3O2. The van der Waals surface area contributed by atoms with Gasteiger partial charge in [-0.2, -0.15) is 5.10 Å². The lowest BCUT2D eigenvalue weighted by Crippen LogP contribution is -2.17. The molecule has 1 amide bonds. The highest BCUT2D eigenvalue weighted by molar-refractivity contribution is 6.03. The van der Waals surface area contributed by atoms with Crippen LogP contribution in [0, 0.1) is 6.92 Å². The van der Waals surface area contributed by atoms with Crippen molar-refractivity contribution in [2.24, 2.45) is 5.10 Å². The van der Waals surface area contributed by atoms with Gasteiger partial charge >= 0.3 is 0 Å². The van der Waals surface area contributed by atoms with Crippen LogP contribution in [0.2, 0.25) is 0 Å². The number of amides is 1. The highest BCUT2D eigenvalue weighted by Gasteiger charge is 2.11. The molecule has 0 unspecified atom stereocenters. The molecule has 0 bridgehead atoms. The Morgan fingerprint density at radius 2 is 1.58 bits per heavy atom. The third-order valence-electron chi connectivity index (χ3n) is 6.12. The van der Waals surface area contributed by atoms with Gasteiger partial charge in [-0.3, -0.25) is 4.79 Å². The number of carbonyl (C=O) groups is 1. The van der Waals surface area contributed by atoms with Crippen LogP contribution in [0.4, 0.5) is 0 Å². The number of fused-ring (bicyclic) bond motifs is 1. The second kappa shape index (κ2) is 10.3. The van der Waals surface area contributed by atoms with Crippen molar-refractivity contribution in [1.82, 2.24) is 9.99 Å². The van der Waals surface area contributed by atoms with Gasteiger partial charge < -0.3 is 9.30 Å². The maximum atomic E-state index is 12.7. The van der Waals surface area contributed by atoms with Crippen LogP contribution in [0.25, 0.3) is 27.7 Å². The third-order valence-corrected chi connectivity index (χ3v) is 6.12. The van der Waals surface area contributed by atoms with Gasteiger partial charge in [-0.15, -0.1) is 0 Å². The summed E-state index contributed by atoms with van der Waals surface area (Å²) in [4.78, 5) is 12.7. The molecule has 0 fully saturated rings. The molecule has 0 saturated carbocycles. The van der Waals surface area contributed by atoms with E-state index in [2.05, 4.69) is 46.3 Å². The Hall–Kier alpha value is -4.64. The predicted octanol–water partition coefficient (Wildman–Crippen LogP) is 6.77. The summed E-state index contributed by atoms with van der Waals surface area (Å²) >= 11 is 0. The van der Waals surface area contributed by atoms with Gasteiger partial charge in [0.25, 0.3) is 5.91 Å². The summed E-state index contributed by atoms with van der Waals surface area (Å²) in [6.45, 7) is 4.64. The van der Waals surface area contributed by atoms with Crippen LogP contribution in [0.15, 0.2) is 108 Å². The fourth-order valence-corrected chi connectivity index (χ4v) is 4.39. The van der Waals surface area contributed by atoms with E-state index in [-0.39, 0.29) is 5.91 Å². The van der Waals surface area contributed by atoms with Crippen molar-refractivity contribution in [2.75, 3.05) is 6.61 Å². The van der Waals surface area contributed by atoms with E-state index >= 15 is 0 Å². The van der Waals surface area contributed by atoms with Gasteiger partial charge in [-0.1, -0.05) is 54.6 Å². The number of aromatic nitrogens is 1. The summed E-state index contributed by atoms with van der Waals surface area (Å²) in [7, 11) is 0. The van der Waals surface area contributed by atoms with Gasteiger partial charge in [-0.05, 0) is 73.3 Å². The van der Waals surface area contributed by atoms with Crippen molar-refractivity contribution in [2.45, 2.75) is 13.8 Å². The first-order valence-corrected chi connectivity index (χ1v) is 12.0. The minimum Gasteiger partial charge on any atom is -0.493 e. The number of hydrogen-bond acceptors (Lipinski definition) is 3. The van der Waals surface area contributed by atoms with Crippen molar-refractivity contribution < 1.29 is 9.53 Å². The largest absolute Gasteiger partial charge is 0.493 e. The third kappa shape index (κ3) is 4.64. The average Bonchev–Trinajstić information content (AvgIpc) is 3.31. The Kier molecular flexibility index (Phi) is 6.63. The molecule has 0 aliphatic rings. The van der Waals surface area contributed by atoms with E-state index in [4.69, 9.17) is 4.74 Å². The number of rotatable bonds is 7. The first-order valence-electron chi connectivity index (χ1n) is 12.0. The van der Waals surface area contributed by atoms with Gasteiger partial charge in [-0.25, -0.2) is 5.43 Å². The number of nitrogens with one attached hydrogen (secondary N) is 1. The van der Waals surface area contributed by atoms with E-state index in [1.807, 2.05) is 85.8 Å². The number of carbonyl (C=O) groups excluding carboxylic acids is 1. The Morgan fingerprint density at radius 1 is 0.861 bits per heavy atom. The number of aryl methyl sites for hydroxylation is 1. The molecule has 0 spiro atoms. The van der Waals surface area contributed by atoms with Gasteiger partial charge in [0, 0.05) is 27.9 Å². The van der Waals surface area contributed by atoms with Crippen LogP contribution >= 0.6 is 0 Å². The second-order valence-corrected chi connectivity index (χ2v) is 8.44. The molecule has 1 aromatic heterocycles. The quantitative estimate of drug-likeness (QED) is 0.209. The van der Waals surface area contributed by atoms with E-state index < -0.39 is 0 Å². The van der Waals surface area contributed by atoms with Crippen molar-refractivity contribution >= 4 is 22.9 Å². The number of ether oxygens (including phenoxy) is 1. The lowest BCUT2D eigenvalue weighted by atomic mass is 10.0. The molecule has 0 aliphatic carbocycles. The summed E-state index contributed by atoms with van der Waals surface area (Å²) in [6, 6.07) is 33.9. The van der Waals surface area contributed by atoms with Crippen molar-refractivity contribution in [3.05, 3.63) is 120 Å². The van der Waals surface area contributed by atoms with E-state index in [1.54, 1.807) is 6.21 Å². The topological polar surface area (TPSA) is 55.6 Å². The van der Waals surface area contributed by atoms with E-state index in [0.29, 0.717) is 12.2 Å². The second-order valence-electron chi connectivity index (χ2n) is 8.44. The maximum Gasteiger partial charge on any atom is 0.271 e. The van der Waals surface area contributed by atoms with Gasteiger partial charge in [0.15, 0.2) is 0 Å². The van der Waals surface area contributed by atoms with Crippen LogP contribution in [-0.4, -0.2) is 23.3 Å². The average molecular weight is 474 g/mol. The molecule has 5 rings (SSSR count). The molecule has 178 valence electrons. The lowest BCUT2D eigenvalue weighted by molar-refractivity contribution is 0.0955. The summed E-state index contributed by atoms with van der Waals surface area (Å²) in [6.07, 6.45) is 1.67. The van der Waals surface area contributed by atoms with E-state index in [1.165, 1.54) is 0 Å². The SMILES string of the molecule is CCOc1ccc(/C=N\NC(=O)c2ccc(-n3c(C)ccc3-c3ccccc3)cc2)c2ccccc12. The van der Waals surface area contributed by atoms with Crippen molar-refractivity contribution in [3.8, 4) is 22.7 Å². The summed E-state index contributed by atoms with van der Waals surface area (Å²) in [5.41, 5.74) is 8.46. The molecular weight excluding hydrogens is 446 g/mol. The fraction of sp³-hybridized carbons (Fsp3) is 0.0968. The lowest BCUT2D eigenvalue weighted by Gasteiger charge is -2.13. The molecule has 5 heteroatoms. The molecule has 1 N–H and O–H groups in total. The fourth-order valence-electron chi connectivity index (χ4n) is 4.39. The Bertz CT molecular complexity index is 1530.